The highest BCUT2D eigenvalue weighted by Crippen LogP contribution is 2.35. The van der Waals surface area contributed by atoms with Crippen molar-refractivity contribution in [2.24, 2.45) is 0 Å². The molecule has 3 aromatic carbocycles. The molecule has 5 aromatic rings. The minimum atomic E-state index is 0.868. The number of aromatic nitrogens is 2. The molecule has 0 bridgehead atoms. The van der Waals surface area contributed by atoms with E-state index in [4.69, 9.17) is 4.74 Å². The Morgan fingerprint density at radius 3 is 2.09 bits per heavy atom. The second-order valence-corrected chi connectivity index (χ2v) is 5.62. The minimum Gasteiger partial charge on any atom is -0.497 e. The van der Waals surface area contributed by atoms with Gasteiger partial charge in [0.15, 0.2) is 0 Å². The molecule has 0 fully saturated rings. The van der Waals surface area contributed by atoms with Crippen LogP contribution in [0.5, 0.6) is 5.75 Å². The van der Waals surface area contributed by atoms with Crippen LogP contribution < -0.4 is 4.74 Å². The van der Waals surface area contributed by atoms with Crippen molar-refractivity contribution in [3.63, 3.8) is 0 Å². The Morgan fingerprint density at radius 2 is 1.32 bits per heavy atom. The van der Waals surface area contributed by atoms with Crippen LogP contribution in [-0.2, 0) is 0 Å². The lowest BCUT2D eigenvalue weighted by molar-refractivity contribution is 0.415. The molecule has 0 saturated carbocycles. The van der Waals surface area contributed by atoms with E-state index in [1.807, 2.05) is 12.1 Å². The van der Waals surface area contributed by atoms with Crippen LogP contribution in [0.3, 0.4) is 0 Å². The van der Waals surface area contributed by atoms with Crippen LogP contribution in [-0.4, -0.2) is 17.1 Å². The zero-order chi connectivity index (χ0) is 14.7. The molecule has 106 valence electrons. The average molecular weight is 286 g/mol. The predicted octanol–water partition coefficient (Wildman–Crippen LogP) is 4.96. The van der Waals surface area contributed by atoms with Gasteiger partial charge < -0.3 is 14.7 Å². The molecule has 0 saturated heterocycles. The highest BCUT2D eigenvalue weighted by molar-refractivity contribution is 6.21. The van der Waals surface area contributed by atoms with E-state index < -0.39 is 0 Å². The summed E-state index contributed by atoms with van der Waals surface area (Å²) in [5, 5.41) is 4.96. The number of nitrogens with one attached hydrogen (secondary N) is 2. The highest BCUT2D eigenvalue weighted by atomic mass is 16.5. The van der Waals surface area contributed by atoms with Crippen LogP contribution in [0.1, 0.15) is 0 Å². The monoisotopic (exact) mass is 286 g/mol. The van der Waals surface area contributed by atoms with Crippen LogP contribution in [0, 0.1) is 0 Å². The summed E-state index contributed by atoms with van der Waals surface area (Å²) >= 11 is 0. The number of para-hydroxylation sites is 1. The van der Waals surface area contributed by atoms with Gasteiger partial charge in [0.1, 0.15) is 5.75 Å². The molecule has 5 rings (SSSR count). The Hall–Kier alpha value is -2.94. The molecule has 0 aliphatic rings. The summed E-state index contributed by atoms with van der Waals surface area (Å²) in [7, 11) is 1.69. The molecule has 0 aliphatic carbocycles. The van der Waals surface area contributed by atoms with E-state index >= 15 is 0 Å². The zero-order valence-corrected chi connectivity index (χ0v) is 12.1. The van der Waals surface area contributed by atoms with Crippen LogP contribution in [0.4, 0.5) is 0 Å². The number of hydrogen-bond acceptors (Lipinski definition) is 1. The fraction of sp³-hybridized carbons (Fsp3) is 0.0526. The molecular formula is C19H14N2O. The third-order valence-corrected chi connectivity index (χ3v) is 4.46. The normalized spacial score (nSPS) is 11.9. The maximum Gasteiger partial charge on any atom is 0.120 e. The number of methoxy groups -OCH3 is 1. The van der Waals surface area contributed by atoms with E-state index in [0.717, 1.165) is 22.3 Å². The molecule has 2 heterocycles. The van der Waals surface area contributed by atoms with Crippen molar-refractivity contribution < 1.29 is 4.74 Å². The Balaban J connectivity index is 1.99. The summed E-state index contributed by atoms with van der Waals surface area (Å²) in [5.41, 5.74) is 4.58. The van der Waals surface area contributed by atoms with Gasteiger partial charge >= 0.3 is 0 Å². The highest BCUT2D eigenvalue weighted by Gasteiger charge is 2.11. The second kappa shape index (κ2) is 4.04. The second-order valence-electron chi connectivity index (χ2n) is 5.62. The van der Waals surface area contributed by atoms with E-state index in [2.05, 4.69) is 52.4 Å². The van der Waals surface area contributed by atoms with Crippen molar-refractivity contribution in [1.29, 1.82) is 0 Å². The Bertz CT molecular complexity index is 1160. The Labute approximate surface area is 126 Å². The van der Waals surface area contributed by atoms with Crippen molar-refractivity contribution in [2.75, 3.05) is 7.11 Å². The summed E-state index contributed by atoms with van der Waals surface area (Å²) in [6.45, 7) is 0. The summed E-state index contributed by atoms with van der Waals surface area (Å²) in [6, 6.07) is 19.0. The van der Waals surface area contributed by atoms with Gasteiger partial charge in [0.2, 0.25) is 0 Å². The number of H-pyrrole nitrogens is 2. The summed E-state index contributed by atoms with van der Waals surface area (Å²) in [4.78, 5) is 7.09. The molecule has 0 radical (unpaired) electrons. The van der Waals surface area contributed by atoms with Gasteiger partial charge in [0.05, 0.1) is 23.7 Å². The van der Waals surface area contributed by atoms with Crippen molar-refractivity contribution >= 4 is 43.6 Å². The lowest BCUT2D eigenvalue weighted by Gasteiger charge is -1.98. The fourth-order valence-electron chi connectivity index (χ4n) is 3.40. The van der Waals surface area contributed by atoms with E-state index in [-0.39, 0.29) is 0 Å². The molecular weight excluding hydrogens is 272 g/mol. The van der Waals surface area contributed by atoms with E-state index in [9.17, 15) is 0 Å². The molecule has 0 atom stereocenters. The molecule has 2 aromatic heterocycles. The van der Waals surface area contributed by atoms with Crippen molar-refractivity contribution in [1.82, 2.24) is 9.97 Å². The molecule has 22 heavy (non-hydrogen) atoms. The third kappa shape index (κ3) is 1.40. The van der Waals surface area contributed by atoms with Crippen molar-refractivity contribution in [3.8, 4) is 5.75 Å². The molecule has 0 spiro atoms. The van der Waals surface area contributed by atoms with Crippen molar-refractivity contribution in [2.45, 2.75) is 0 Å². The first-order chi connectivity index (χ1) is 10.8. The fourth-order valence-corrected chi connectivity index (χ4v) is 3.40. The number of benzene rings is 3. The summed E-state index contributed by atoms with van der Waals surface area (Å²) in [5.74, 6) is 0.868. The third-order valence-electron chi connectivity index (χ3n) is 4.46. The molecule has 2 N–H and O–H groups in total. The standard InChI is InChI=1S/C19H14N2O/c1-22-11-6-7-13-15-9-8-14-12-4-2-3-5-16(12)20-18(14)19(15)21-17(13)10-11/h2-10,20-21H,1H3. The smallest absolute Gasteiger partial charge is 0.120 e. The molecule has 0 amide bonds. The first-order valence-corrected chi connectivity index (χ1v) is 7.34. The molecule has 3 heteroatoms. The predicted molar refractivity (Wildman–Crippen MR) is 91.7 cm³/mol. The van der Waals surface area contributed by atoms with Gasteiger partial charge in [0, 0.05) is 33.1 Å². The summed E-state index contributed by atoms with van der Waals surface area (Å²) in [6.07, 6.45) is 0. The maximum absolute atomic E-state index is 5.33. The average Bonchev–Trinajstić information content (AvgIpc) is 3.12. The minimum absolute atomic E-state index is 0.868. The largest absolute Gasteiger partial charge is 0.497 e. The number of fused-ring (bicyclic) bond motifs is 7. The molecule has 3 nitrogen and oxygen atoms in total. The first kappa shape index (κ1) is 11.7. The number of aromatic amines is 2. The van der Waals surface area contributed by atoms with Gasteiger partial charge in [-0.1, -0.05) is 30.3 Å². The van der Waals surface area contributed by atoms with Crippen LogP contribution in [0.25, 0.3) is 43.6 Å². The summed E-state index contributed by atoms with van der Waals surface area (Å²) < 4.78 is 5.33. The first-order valence-electron chi connectivity index (χ1n) is 7.34. The van der Waals surface area contributed by atoms with E-state index in [1.54, 1.807) is 7.11 Å². The molecule has 0 aliphatic heterocycles. The van der Waals surface area contributed by atoms with Crippen LogP contribution in [0.15, 0.2) is 54.6 Å². The van der Waals surface area contributed by atoms with Gasteiger partial charge in [0.25, 0.3) is 0 Å². The maximum atomic E-state index is 5.33. The molecule has 0 unspecified atom stereocenters. The Kier molecular flexibility index (Phi) is 2.15. The lowest BCUT2D eigenvalue weighted by Crippen LogP contribution is -1.80. The lowest BCUT2D eigenvalue weighted by atomic mass is 10.1. The number of ether oxygens (including phenoxy) is 1. The van der Waals surface area contributed by atoms with Gasteiger partial charge in [-0.3, -0.25) is 0 Å². The SMILES string of the molecule is COc1ccc2c(c1)[nH]c1c2ccc2c3ccccc3[nH]c21. The van der Waals surface area contributed by atoms with Crippen molar-refractivity contribution in [3.05, 3.63) is 54.6 Å². The van der Waals surface area contributed by atoms with Crippen LogP contribution >= 0.6 is 0 Å². The van der Waals surface area contributed by atoms with Crippen LogP contribution in [0.2, 0.25) is 0 Å². The topological polar surface area (TPSA) is 40.8 Å². The Morgan fingerprint density at radius 1 is 0.682 bits per heavy atom. The zero-order valence-electron chi connectivity index (χ0n) is 12.1. The number of hydrogen-bond donors (Lipinski definition) is 2. The van der Waals surface area contributed by atoms with Gasteiger partial charge in [-0.15, -0.1) is 0 Å². The quantitative estimate of drug-likeness (QED) is 0.449. The van der Waals surface area contributed by atoms with Gasteiger partial charge in [-0.25, -0.2) is 0 Å². The van der Waals surface area contributed by atoms with Gasteiger partial charge in [-0.2, -0.15) is 0 Å². The van der Waals surface area contributed by atoms with E-state index in [0.29, 0.717) is 0 Å². The number of rotatable bonds is 1. The van der Waals surface area contributed by atoms with E-state index in [1.165, 1.54) is 27.1 Å². The van der Waals surface area contributed by atoms with Gasteiger partial charge in [-0.05, 0) is 18.2 Å².